The van der Waals surface area contributed by atoms with E-state index in [-0.39, 0.29) is 5.41 Å². The Balaban J connectivity index is 1.63. The van der Waals surface area contributed by atoms with E-state index in [1.807, 2.05) is 22.1 Å². The number of anilines is 3. The van der Waals surface area contributed by atoms with Crippen molar-refractivity contribution in [1.29, 1.82) is 0 Å². The van der Waals surface area contributed by atoms with Crippen molar-refractivity contribution in [2.45, 2.75) is 37.5 Å². The fraction of sp³-hybridized carbons (Fsp3) is 0.500. The maximum Gasteiger partial charge on any atom is 0.303 e. The zero-order chi connectivity index (χ0) is 18.1. The van der Waals surface area contributed by atoms with Gasteiger partial charge in [-0.15, -0.1) is 0 Å². The number of aromatic nitrogens is 3. The van der Waals surface area contributed by atoms with Gasteiger partial charge < -0.3 is 9.80 Å². The fourth-order valence-corrected chi connectivity index (χ4v) is 3.92. The lowest BCUT2D eigenvalue weighted by Crippen LogP contribution is -2.38. The number of nitrogens with zero attached hydrogens (tertiary/aromatic N) is 5. The van der Waals surface area contributed by atoms with Crippen LogP contribution < -0.4 is 9.80 Å². The largest absolute Gasteiger partial charge is 0.356 e. The molecule has 0 atom stereocenters. The Morgan fingerprint density at radius 2 is 1.88 bits per heavy atom. The molecule has 136 valence electrons. The third-order valence-corrected chi connectivity index (χ3v) is 5.78. The molecule has 2 aliphatic heterocycles. The summed E-state index contributed by atoms with van der Waals surface area (Å²) < 4.78 is 28.0. The monoisotopic (exact) mass is 377 g/mol. The van der Waals surface area contributed by atoms with E-state index in [1.165, 1.54) is 0 Å². The third-order valence-electron chi connectivity index (χ3n) is 5.57. The SMILES string of the molecule is CC(F)(F)c1nc(N2CCC2)cc(N2CC3(CC3)c3cnc(Cl)cc32)n1. The first-order valence-electron chi connectivity index (χ1n) is 8.82. The van der Waals surface area contributed by atoms with Gasteiger partial charge in [0.1, 0.15) is 16.8 Å². The Labute approximate surface area is 155 Å². The molecule has 0 amide bonds. The molecule has 0 N–H and O–H groups in total. The minimum absolute atomic E-state index is 0.0592. The van der Waals surface area contributed by atoms with Crippen LogP contribution in [0.3, 0.4) is 0 Å². The van der Waals surface area contributed by atoms with Crippen molar-refractivity contribution in [3.8, 4) is 0 Å². The van der Waals surface area contributed by atoms with E-state index in [0.29, 0.717) is 16.8 Å². The first-order chi connectivity index (χ1) is 12.4. The van der Waals surface area contributed by atoms with Gasteiger partial charge in [-0.2, -0.15) is 8.78 Å². The summed E-state index contributed by atoms with van der Waals surface area (Å²) in [6.07, 6.45) is 5.01. The molecule has 2 aromatic heterocycles. The van der Waals surface area contributed by atoms with Gasteiger partial charge in [0.25, 0.3) is 0 Å². The molecule has 3 aliphatic rings. The molecule has 0 unspecified atom stereocenters. The number of hydrogen-bond donors (Lipinski definition) is 0. The molecule has 1 saturated heterocycles. The summed E-state index contributed by atoms with van der Waals surface area (Å²) in [6, 6.07) is 3.62. The lowest BCUT2D eigenvalue weighted by Gasteiger charge is -2.33. The molecule has 5 rings (SSSR count). The van der Waals surface area contributed by atoms with Crippen LogP contribution in [0, 0.1) is 0 Å². The molecule has 0 radical (unpaired) electrons. The third kappa shape index (κ3) is 2.44. The highest BCUT2D eigenvalue weighted by Gasteiger charge is 2.52. The molecular weight excluding hydrogens is 360 g/mol. The number of hydrogen-bond acceptors (Lipinski definition) is 5. The van der Waals surface area contributed by atoms with Crippen LogP contribution >= 0.6 is 11.6 Å². The van der Waals surface area contributed by atoms with E-state index in [9.17, 15) is 8.78 Å². The minimum Gasteiger partial charge on any atom is -0.356 e. The maximum atomic E-state index is 14.0. The minimum atomic E-state index is -3.09. The van der Waals surface area contributed by atoms with Crippen molar-refractivity contribution in [2.75, 3.05) is 29.4 Å². The summed E-state index contributed by atoms with van der Waals surface area (Å²) in [5.41, 5.74) is 2.11. The second-order valence-electron chi connectivity index (χ2n) is 7.53. The Kier molecular flexibility index (Phi) is 3.27. The highest BCUT2D eigenvalue weighted by Crippen LogP contribution is 2.58. The summed E-state index contributed by atoms with van der Waals surface area (Å²) in [5.74, 6) is -2.46. The molecule has 1 aliphatic carbocycles. The van der Waals surface area contributed by atoms with E-state index >= 15 is 0 Å². The van der Waals surface area contributed by atoms with E-state index in [4.69, 9.17) is 11.6 Å². The van der Waals surface area contributed by atoms with E-state index in [1.54, 1.807) is 6.07 Å². The molecule has 4 heterocycles. The number of pyridine rings is 1. The molecule has 1 spiro atoms. The van der Waals surface area contributed by atoms with Crippen LogP contribution in [0.2, 0.25) is 5.15 Å². The van der Waals surface area contributed by atoms with Crippen molar-refractivity contribution in [2.24, 2.45) is 0 Å². The first kappa shape index (κ1) is 16.2. The van der Waals surface area contributed by atoms with E-state index in [2.05, 4.69) is 15.0 Å². The second-order valence-corrected chi connectivity index (χ2v) is 7.91. The van der Waals surface area contributed by atoms with Crippen LogP contribution in [-0.2, 0) is 11.3 Å². The van der Waals surface area contributed by atoms with Gasteiger partial charge in [0.2, 0.25) is 5.82 Å². The first-order valence-corrected chi connectivity index (χ1v) is 9.19. The van der Waals surface area contributed by atoms with E-state index < -0.39 is 11.7 Å². The normalized spacial score (nSPS) is 20.3. The highest BCUT2D eigenvalue weighted by molar-refractivity contribution is 6.29. The second kappa shape index (κ2) is 5.25. The van der Waals surface area contributed by atoms with Gasteiger partial charge in [-0.1, -0.05) is 11.6 Å². The van der Waals surface area contributed by atoms with Crippen LogP contribution in [0.15, 0.2) is 18.3 Å². The van der Waals surface area contributed by atoms with E-state index in [0.717, 1.165) is 57.1 Å². The molecule has 8 heteroatoms. The van der Waals surface area contributed by atoms with Crippen LogP contribution in [0.4, 0.5) is 26.1 Å². The van der Waals surface area contributed by atoms with Gasteiger partial charge in [0, 0.05) is 49.8 Å². The van der Waals surface area contributed by atoms with Crippen molar-refractivity contribution >= 4 is 28.9 Å². The van der Waals surface area contributed by atoms with Gasteiger partial charge in [-0.25, -0.2) is 15.0 Å². The topological polar surface area (TPSA) is 45.2 Å². The average molecular weight is 378 g/mol. The molecular formula is C18H18ClF2N5. The van der Waals surface area contributed by atoms with Crippen molar-refractivity contribution < 1.29 is 8.78 Å². The zero-order valence-corrected chi connectivity index (χ0v) is 15.1. The van der Waals surface area contributed by atoms with Gasteiger partial charge in [0.05, 0.1) is 5.69 Å². The predicted molar refractivity (Wildman–Crippen MR) is 95.6 cm³/mol. The molecule has 1 saturated carbocycles. The van der Waals surface area contributed by atoms with Crippen LogP contribution in [0.25, 0.3) is 0 Å². The molecule has 5 nitrogen and oxygen atoms in total. The number of fused-ring (bicyclic) bond motifs is 2. The highest BCUT2D eigenvalue weighted by atomic mass is 35.5. The number of alkyl halides is 2. The molecule has 2 aromatic rings. The van der Waals surface area contributed by atoms with Gasteiger partial charge in [0.15, 0.2) is 0 Å². The van der Waals surface area contributed by atoms with Crippen molar-refractivity contribution in [3.63, 3.8) is 0 Å². The number of halogens is 3. The Morgan fingerprint density at radius 1 is 1.15 bits per heavy atom. The van der Waals surface area contributed by atoms with Gasteiger partial charge >= 0.3 is 5.92 Å². The van der Waals surface area contributed by atoms with Crippen LogP contribution in [0.5, 0.6) is 0 Å². The Bertz CT molecular complexity index is 890. The summed E-state index contributed by atoms with van der Waals surface area (Å²) in [6.45, 7) is 3.23. The zero-order valence-electron chi connectivity index (χ0n) is 14.3. The Hall–Kier alpha value is -2.02. The summed E-state index contributed by atoms with van der Waals surface area (Å²) in [4.78, 5) is 16.6. The summed E-state index contributed by atoms with van der Waals surface area (Å²) >= 11 is 6.11. The Morgan fingerprint density at radius 3 is 2.50 bits per heavy atom. The lowest BCUT2D eigenvalue weighted by molar-refractivity contribution is 0.00785. The number of rotatable bonds is 3. The summed E-state index contributed by atoms with van der Waals surface area (Å²) in [5, 5.41) is 0.393. The van der Waals surface area contributed by atoms with Crippen LogP contribution in [0.1, 0.15) is 37.6 Å². The van der Waals surface area contributed by atoms with Crippen molar-refractivity contribution in [3.05, 3.63) is 34.9 Å². The van der Waals surface area contributed by atoms with Crippen molar-refractivity contribution in [1.82, 2.24) is 15.0 Å². The summed E-state index contributed by atoms with van der Waals surface area (Å²) in [7, 11) is 0. The predicted octanol–water partition coefficient (Wildman–Crippen LogP) is 4.03. The maximum absolute atomic E-state index is 14.0. The lowest BCUT2D eigenvalue weighted by atomic mass is 10.0. The van der Waals surface area contributed by atoms with Crippen LogP contribution in [-0.4, -0.2) is 34.6 Å². The fourth-order valence-electron chi connectivity index (χ4n) is 3.77. The quantitative estimate of drug-likeness (QED) is 0.756. The average Bonchev–Trinajstić information content (AvgIpc) is 3.23. The van der Waals surface area contributed by atoms with Gasteiger partial charge in [-0.05, 0) is 25.3 Å². The molecule has 0 bridgehead atoms. The van der Waals surface area contributed by atoms with Gasteiger partial charge in [-0.3, -0.25) is 0 Å². The standard InChI is InChI=1S/C18H18ClF2N5/c1-17(20,21)16-23-14(25-5-2-6-25)8-15(24-16)26-10-18(3-4-18)11-9-22-13(19)7-12(11)26/h7-9H,2-6,10H2,1H3. The molecule has 0 aromatic carbocycles. The molecule has 2 fully saturated rings. The molecule has 26 heavy (non-hydrogen) atoms. The smallest absolute Gasteiger partial charge is 0.303 e.